The lowest BCUT2D eigenvalue weighted by atomic mass is 9.80. The highest BCUT2D eigenvalue weighted by molar-refractivity contribution is 6.37. The summed E-state index contributed by atoms with van der Waals surface area (Å²) in [5.74, 6) is -15.2. The zero-order valence-electron chi connectivity index (χ0n) is 44.9. The predicted octanol–water partition coefficient (Wildman–Crippen LogP) is 2.10. The van der Waals surface area contributed by atoms with E-state index in [1.165, 1.54) is 26.1 Å². The average Bonchev–Trinajstić information content (AvgIpc) is 3.56. The molecule has 1 saturated heterocycles. The predicted molar refractivity (Wildman–Crippen MR) is 144 cm³/mol. The second-order valence-electron chi connectivity index (χ2n) is 10.7. The largest absolute Gasteiger partial charge is 0.363 e. The molecular formula is C28H47N5O5. The lowest BCUT2D eigenvalue weighted by molar-refractivity contribution is -0.144. The van der Waals surface area contributed by atoms with Gasteiger partial charge in [0, 0.05) is 45.0 Å². The Balaban J connectivity index is 2.26. The monoisotopic (exact) mass is 558 g/mol. The van der Waals surface area contributed by atoms with Gasteiger partial charge in [0.25, 0.3) is 5.91 Å². The van der Waals surface area contributed by atoms with E-state index in [9.17, 15) is 24.0 Å². The first-order valence-electron chi connectivity index (χ1n) is 23.5. The van der Waals surface area contributed by atoms with Crippen LogP contribution in [0, 0.1) is 28.6 Å². The average molecular weight is 558 g/mol. The topological polar surface area (TPSA) is 151 Å². The number of piperidine rings is 1. The quantitative estimate of drug-likeness (QED) is 0.320. The molecule has 5 N–H and O–H groups in total. The fourth-order valence-corrected chi connectivity index (χ4v) is 4.52. The van der Waals surface area contributed by atoms with Crippen LogP contribution < -0.4 is 21.7 Å². The van der Waals surface area contributed by atoms with Gasteiger partial charge in [-0.2, -0.15) is 0 Å². The summed E-state index contributed by atoms with van der Waals surface area (Å²) in [7, 11) is 0. The molecule has 0 spiro atoms. The lowest BCUT2D eigenvalue weighted by Crippen LogP contribution is -2.60. The number of nitrogens with zero attached hydrogens (tertiary/aromatic N) is 1. The maximum absolute atomic E-state index is 14.6. The van der Waals surface area contributed by atoms with Crippen LogP contribution in [0.3, 0.4) is 0 Å². The Hall–Kier alpha value is -2.65. The normalized spacial score (nSPS) is 42.1. The van der Waals surface area contributed by atoms with Gasteiger partial charge in [-0.1, -0.05) is 53.6 Å². The first kappa shape index (κ1) is 11.1. The van der Waals surface area contributed by atoms with Crippen LogP contribution in [0.15, 0.2) is 0 Å². The minimum absolute atomic E-state index is 0.472. The molecular weight excluding hydrogens is 486 g/mol. The van der Waals surface area contributed by atoms with E-state index in [1.807, 2.05) is 5.32 Å². The van der Waals surface area contributed by atoms with Gasteiger partial charge in [-0.25, -0.2) is 4.79 Å². The number of carbonyl (C=O) groups is 5. The number of Topliss-reactive ketones (excluding diaryl/α,β-unsaturated/α-hetero) is 1. The van der Waals surface area contributed by atoms with E-state index in [2.05, 4.69) is 0 Å². The summed E-state index contributed by atoms with van der Waals surface area (Å²) in [5.41, 5.74) is -2.77. The number of fused-ring (bicyclic) bond motifs is 1. The summed E-state index contributed by atoms with van der Waals surface area (Å²) in [6, 6.07) is -9.57. The highest BCUT2D eigenvalue weighted by Gasteiger charge is 2.69. The molecule has 10 nitrogen and oxygen atoms in total. The van der Waals surface area contributed by atoms with Crippen LogP contribution in [0.25, 0.3) is 0 Å². The molecule has 1 heterocycles. The van der Waals surface area contributed by atoms with Crippen LogP contribution in [-0.2, 0) is 19.2 Å². The Bertz CT molecular complexity index is 1780. The molecule has 5 atom stereocenters. The molecule has 214 valence electrons. The third kappa shape index (κ3) is 6.86. The van der Waals surface area contributed by atoms with Crippen molar-refractivity contribution in [3.63, 3.8) is 0 Å². The number of nitrogens with two attached hydrogens (primary N) is 1. The number of amides is 5. The molecule has 3 fully saturated rings. The Morgan fingerprint density at radius 3 is 2.34 bits per heavy atom. The Morgan fingerprint density at radius 2 is 1.79 bits per heavy atom. The lowest BCUT2D eigenvalue weighted by Gasteiger charge is -2.36. The molecule has 0 radical (unpaired) electrons. The first-order valence-corrected chi connectivity index (χ1v) is 11.5. The molecule has 0 bridgehead atoms. The number of ketones is 1. The van der Waals surface area contributed by atoms with E-state index in [4.69, 9.17) is 38.6 Å². The molecule has 2 saturated carbocycles. The van der Waals surface area contributed by atoms with Crippen molar-refractivity contribution in [2.24, 2.45) is 34.3 Å². The number of rotatable bonds is 9. The van der Waals surface area contributed by atoms with Gasteiger partial charge in [0.05, 0.1) is 6.04 Å². The first-order chi connectivity index (χ1) is 27.0. The smallest absolute Gasteiger partial charge is 0.315 e. The van der Waals surface area contributed by atoms with Crippen molar-refractivity contribution in [3.05, 3.63) is 0 Å². The maximum atomic E-state index is 14.6. The van der Waals surface area contributed by atoms with Crippen molar-refractivity contribution in [3.8, 4) is 0 Å². The molecule has 0 aromatic carbocycles. The third-order valence-corrected chi connectivity index (χ3v) is 6.23. The fourth-order valence-electron chi connectivity index (χ4n) is 4.52. The standard InChI is InChI=1S/C28H47N5O5/c1-26(2,3)13-18(31-25(38)32-27(4,5)6)24(37)33-14-16-19(28(16,7)8)20(33)23(36)30-17(21(34)22(29)35)12-15-10-9-11-15/h15-20H,9-14H2,1-8H3,(H2,29,35)(H,30,36)(H2,31,32,38)/t16-,17?,18-,19-,20-/m0/s1/i4D3,5D3,6D3,7D3,8D3,9D2,10D2,11D2,12D2,15D. The van der Waals surface area contributed by atoms with E-state index >= 15 is 0 Å². The molecule has 2 aliphatic carbocycles. The van der Waals surface area contributed by atoms with Crippen LogP contribution in [-0.4, -0.2) is 64.6 Å². The van der Waals surface area contributed by atoms with Crippen LogP contribution in [0.1, 0.15) is 120 Å². The van der Waals surface area contributed by atoms with Crippen LogP contribution in [0.2, 0.25) is 0 Å². The summed E-state index contributed by atoms with van der Waals surface area (Å²) < 4.78 is 194. The number of hydrogen-bond acceptors (Lipinski definition) is 5. The molecule has 0 aromatic heterocycles. The Morgan fingerprint density at radius 1 is 1.13 bits per heavy atom. The number of urea groups is 1. The zero-order valence-corrected chi connectivity index (χ0v) is 20.9. The number of primary amides is 1. The third-order valence-electron chi connectivity index (χ3n) is 6.23. The van der Waals surface area contributed by atoms with Crippen molar-refractivity contribution in [2.45, 2.75) is 111 Å². The molecule has 1 aliphatic heterocycles. The van der Waals surface area contributed by atoms with Crippen LogP contribution in [0.4, 0.5) is 4.79 Å². The Labute approximate surface area is 260 Å². The number of carbonyl (C=O) groups excluding carboxylic acids is 5. The van der Waals surface area contributed by atoms with Crippen molar-refractivity contribution in [1.29, 1.82) is 0 Å². The molecule has 5 amide bonds. The molecule has 38 heavy (non-hydrogen) atoms. The van der Waals surface area contributed by atoms with Crippen molar-refractivity contribution in [1.82, 2.24) is 20.9 Å². The van der Waals surface area contributed by atoms with E-state index in [0.717, 1.165) is 0 Å². The zero-order chi connectivity index (χ0) is 49.4. The minimum atomic E-state index is -4.15. The highest BCUT2D eigenvalue weighted by atomic mass is 16.2. The second-order valence-corrected chi connectivity index (χ2v) is 10.7. The molecule has 1 unspecified atom stereocenters. The van der Waals surface area contributed by atoms with Gasteiger partial charge in [-0.3, -0.25) is 19.2 Å². The van der Waals surface area contributed by atoms with Gasteiger partial charge in [-0.05, 0) is 61.9 Å². The van der Waals surface area contributed by atoms with Gasteiger partial charge in [0.15, 0.2) is 0 Å². The van der Waals surface area contributed by atoms with Gasteiger partial charge in [0.1, 0.15) is 12.1 Å². The van der Waals surface area contributed by atoms with E-state index in [1.54, 1.807) is 5.32 Å². The van der Waals surface area contributed by atoms with Crippen LogP contribution >= 0.6 is 0 Å². The Kier molecular flexibility index (Phi) is 3.06. The SMILES string of the molecule is [2H]C([2H])([2H])C1(C([2H])([2H])[2H])[C@@H]2[C@@H](C(=O)NC(C(=O)C(N)=O)C([2H])([2H])C3([2H])C([2H])([2H])C([2H])([2H])C3([2H])[2H])N(C(=O)[C@H](CC(C)(C)C)NC(=O)NC(C([2H])([2H])[2H])(C([2H])([2H])[2H])C([2H])([2H])[2H])C[C@@H]21. The summed E-state index contributed by atoms with van der Waals surface area (Å²) in [6.45, 7) is -15.4. The van der Waals surface area contributed by atoms with Crippen molar-refractivity contribution < 1.29 is 56.9 Å². The molecule has 10 heteroatoms. The van der Waals surface area contributed by atoms with Gasteiger partial charge >= 0.3 is 6.03 Å². The maximum Gasteiger partial charge on any atom is 0.315 e. The van der Waals surface area contributed by atoms with Gasteiger partial charge in [-0.15, -0.1) is 0 Å². The van der Waals surface area contributed by atoms with Crippen molar-refractivity contribution in [2.75, 3.05) is 6.54 Å². The fraction of sp³-hybridized carbons (Fsp3) is 0.821. The van der Waals surface area contributed by atoms with E-state index in [-0.39, 0.29) is 0 Å². The molecule has 0 aromatic rings. The summed E-state index contributed by atoms with van der Waals surface area (Å²) in [4.78, 5) is 68.7. The molecule has 3 rings (SSSR count). The highest BCUT2D eigenvalue weighted by Crippen LogP contribution is 2.65. The van der Waals surface area contributed by atoms with Crippen molar-refractivity contribution >= 4 is 29.5 Å². The number of nitrogens with one attached hydrogen (secondary N) is 3. The van der Waals surface area contributed by atoms with Gasteiger partial charge in [0.2, 0.25) is 17.6 Å². The number of likely N-dealkylation sites (tertiary alicyclic amines) is 1. The summed E-state index contributed by atoms with van der Waals surface area (Å²) >= 11 is 0. The van der Waals surface area contributed by atoms with Gasteiger partial charge < -0.3 is 26.6 Å². The summed E-state index contributed by atoms with van der Waals surface area (Å²) in [5, 5.41) is 5.11. The minimum Gasteiger partial charge on any atom is -0.363 e. The van der Waals surface area contributed by atoms with Crippen LogP contribution in [0.5, 0.6) is 0 Å². The summed E-state index contributed by atoms with van der Waals surface area (Å²) in [6.07, 6.45) is -16.0. The number of hydrogen-bond donors (Lipinski definition) is 4. The molecule has 3 aliphatic rings. The second kappa shape index (κ2) is 10.5. The van der Waals surface area contributed by atoms with E-state index < -0.39 is 154 Å². The van der Waals surface area contributed by atoms with E-state index in [0.29, 0.717) is 4.90 Å².